The normalized spacial score (nSPS) is 13.6. The van der Waals surface area contributed by atoms with Crippen LogP contribution in [0.2, 0.25) is 0 Å². The lowest BCUT2D eigenvalue weighted by Gasteiger charge is -2.25. The zero-order valence-corrected chi connectivity index (χ0v) is 57.8. The summed E-state index contributed by atoms with van der Waals surface area (Å²) in [6.07, 6.45) is 98.5. The number of nitrogens with zero attached hydrogens (tertiary/aromatic N) is 1. The molecule has 2 atom stereocenters. The summed E-state index contributed by atoms with van der Waals surface area (Å²) in [5.74, 6) is -2.09. The lowest BCUT2D eigenvalue weighted by atomic mass is 10.0. The Morgan fingerprint density at radius 3 is 0.933 bits per heavy atom. The van der Waals surface area contributed by atoms with Crippen LogP contribution in [0.25, 0.3) is 0 Å². The summed E-state index contributed by atoms with van der Waals surface area (Å²) < 4.78 is 22.9. The van der Waals surface area contributed by atoms with Crippen LogP contribution in [0.4, 0.5) is 0 Å². The van der Waals surface area contributed by atoms with Gasteiger partial charge in [-0.25, -0.2) is 4.79 Å². The van der Waals surface area contributed by atoms with Gasteiger partial charge in [0.05, 0.1) is 34.4 Å². The molecule has 0 rings (SSSR count). The van der Waals surface area contributed by atoms with Crippen molar-refractivity contribution in [3.63, 3.8) is 0 Å². The standard InChI is InChI=1S/C80H133NO8/c1-6-8-10-12-14-16-18-20-22-24-26-28-30-31-32-33-34-35-36-37-38-39-40-41-42-43-44-45-46-47-49-50-52-54-56-58-60-62-64-66-68-70-77(82)87-74-76(75-88-80(79(84)85)86-73-72-81(3,4)5)89-78(83)71-69-67-65-63-61-59-57-55-53-51-48-29-27-25-23-21-19-17-15-13-11-9-7-2/h8-11,14-17,20-23,26-29,31-32,51,53,57,59,63,65,76,80H,6-7,12-13,18-19,24-25,30,33-50,52,54-56,58,60-62,64,66-75H2,1-5H3/p+1/b10-8-,11-9-,16-14-,17-15-,22-20-,23-21-,28-26-,29-27-,32-31-,53-51-,59-57-,65-63-. The van der Waals surface area contributed by atoms with Gasteiger partial charge in [-0.15, -0.1) is 0 Å². The average molecular weight is 1240 g/mol. The molecular weight excluding hydrogens is 1100 g/mol. The van der Waals surface area contributed by atoms with Crippen molar-refractivity contribution in [3.05, 3.63) is 146 Å². The van der Waals surface area contributed by atoms with Gasteiger partial charge in [-0.3, -0.25) is 9.59 Å². The number of carbonyl (C=O) groups is 3. The van der Waals surface area contributed by atoms with Gasteiger partial charge in [-0.05, 0) is 109 Å². The van der Waals surface area contributed by atoms with E-state index in [1.165, 1.54) is 148 Å². The molecule has 0 aliphatic heterocycles. The molecule has 0 heterocycles. The summed E-state index contributed by atoms with van der Waals surface area (Å²) in [4.78, 5) is 37.6. The Bertz CT molecular complexity index is 1970. The number of quaternary nitrogens is 1. The first-order valence-electron chi connectivity index (χ1n) is 36.0. The second-order valence-electron chi connectivity index (χ2n) is 24.8. The van der Waals surface area contributed by atoms with Crippen LogP contribution < -0.4 is 0 Å². The van der Waals surface area contributed by atoms with E-state index in [1.54, 1.807) is 0 Å². The molecule has 0 spiro atoms. The van der Waals surface area contributed by atoms with E-state index in [0.29, 0.717) is 23.9 Å². The predicted octanol–water partition coefficient (Wildman–Crippen LogP) is 22.7. The Morgan fingerprint density at radius 1 is 0.337 bits per heavy atom. The Morgan fingerprint density at radius 2 is 0.618 bits per heavy atom. The number of hydrogen-bond acceptors (Lipinski definition) is 7. The van der Waals surface area contributed by atoms with Crippen molar-refractivity contribution in [2.75, 3.05) is 47.5 Å². The van der Waals surface area contributed by atoms with Gasteiger partial charge in [0.25, 0.3) is 6.29 Å². The zero-order valence-electron chi connectivity index (χ0n) is 57.8. The molecule has 0 bridgehead atoms. The van der Waals surface area contributed by atoms with E-state index in [-0.39, 0.29) is 38.6 Å². The smallest absolute Gasteiger partial charge is 0.361 e. The molecular formula is C80H134NO8+. The maximum atomic E-state index is 12.9. The number of allylic oxidation sites excluding steroid dienone is 24. The van der Waals surface area contributed by atoms with E-state index in [2.05, 4.69) is 160 Å². The van der Waals surface area contributed by atoms with Gasteiger partial charge in [-0.2, -0.15) is 0 Å². The minimum absolute atomic E-state index is 0.171. The molecule has 0 fully saturated rings. The number of aliphatic carboxylic acids is 1. The fourth-order valence-corrected chi connectivity index (χ4v) is 9.68. The van der Waals surface area contributed by atoms with Gasteiger partial charge in [0.2, 0.25) is 0 Å². The van der Waals surface area contributed by atoms with Crippen LogP contribution in [0, 0.1) is 0 Å². The van der Waals surface area contributed by atoms with Crippen molar-refractivity contribution in [1.82, 2.24) is 0 Å². The van der Waals surface area contributed by atoms with E-state index < -0.39 is 24.3 Å². The maximum Gasteiger partial charge on any atom is 0.361 e. The molecule has 0 radical (unpaired) electrons. The Labute approximate surface area is 547 Å². The first kappa shape index (κ1) is 84.2. The van der Waals surface area contributed by atoms with E-state index in [9.17, 15) is 19.5 Å². The fourth-order valence-electron chi connectivity index (χ4n) is 9.68. The SMILES string of the molecule is CC/C=C\C/C=C\C/C=C\C/C=C\C/C=C\C/C=C\C/C=C\CCCC(=O)OC(COC(=O)CCCCCCCCCCCCCCCCCCCCCCCCCCC/C=C\C/C=C\C/C=C\C/C=C\C/C=C\CC)COC(OCC[N+](C)(C)C)C(=O)O. The zero-order chi connectivity index (χ0) is 64.7. The molecule has 2 unspecified atom stereocenters. The van der Waals surface area contributed by atoms with Crippen molar-refractivity contribution in [2.45, 2.75) is 296 Å². The number of carboxylic acid groups (broad SMARTS) is 1. The Hall–Kier alpha value is -4.83. The number of unbranched alkanes of at least 4 members (excludes halogenated alkanes) is 26. The summed E-state index contributed by atoms with van der Waals surface area (Å²) >= 11 is 0. The van der Waals surface area contributed by atoms with Gasteiger partial charge >= 0.3 is 17.9 Å². The summed E-state index contributed by atoms with van der Waals surface area (Å²) in [7, 11) is 5.95. The van der Waals surface area contributed by atoms with Gasteiger partial charge in [0.15, 0.2) is 6.10 Å². The lowest BCUT2D eigenvalue weighted by molar-refractivity contribution is -0.870. The maximum absolute atomic E-state index is 12.9. The number of esters is 2. The Kier molecular flexibility index (Phi) is 65.3. The summed E-state index contributed by atoms with van der Waals surface area (Å²) in [5, 5.41) is 9.74. The quantitative estimate of drug-likeness (QED) is 0.0211. The third kappa shape index (κ3) is 70.5. The third-order valence-corrected chi connectivity index (χ3v) is 15.1. The van der Waals surface area contributed by atoms with Gasteiger partial charge in [0, 0.05) is 12.8 Å². The molecule has 0 saturated carbocycles. The Balaban J connectivity index is 4.06. The molecule has 89 heavy (non-hydrogen) atoms. The summed E-state index contributed by atoms with van der Waals surface area (Å²) in [6.45, 7) is 4.59. The highest BCUT2D eigenvalue weighted by Gasteiger charge is 2.25. The van der Waals surface area contributed by atoms with Crippen LogP contribution in [-0.2, 0) is 33.3 Å². The van der Waals surface area contributed by atoms with Crippen molar-refractivity contribution in [2.24, 2.45) is 0 Å². The van der Waals surface area contributed by atoms with Crippen molar-refractivity contribution in [3.8, 4) is 0 Å². The molecule has 0 aliphatic carbocycles. The van der Waals surface area contributed by atoms with Crippen LogP contribution in [0.15, 0.2) is 146 Å². The number of rotatable bonds is 65. The topological polar surface area (TPSA) is 108 Å². The second kappa shape index (κ2) is 69.1. The number of likely N-dealkylation sites (N-methyl/N-ethyl adjacent to an activating group) is 1. The van der Waals surface area contributed by atoms with E-state index in [0.717, 1.165) is 96.3 Å². The van der Waals surface area contributed by atoms with Crippen LogP contribution >= 0.6 is 0 Å². The third-order valence-electron chi connectivity index (χ3n) is 15.1. The highest BCUT2D eigenvalue weighted by molar-refractivity contribution is 5.71. The van der Waals surface area contributed by atoms with Crippen LogP contribution in [0.1, 0.15) is 284 Å². The van der Waals surface area contributed by atoms with Crippen LogP contribution in [0.3, 0.4) is 0 Å². The number of carboxylic acids is 1. The molecule has 0 saturated heterocycles. The molecule has 9 heteroatoms. The largest absolute Gasteiger partial charge is 0.477 e. The minimum Gasteiger partial charge on any atom is -0.477 e. The van der Waals surface area contributed by atoms with Crippen LogP contribution in [0.5, 0.6) is 0 Å². The fraction of sp³-hybridized carbons (Fsp3) is 0.662. The molecule has 0 aromatic carbocycles. The summed E-state index contributed by atoms with van der Waals surface area (Å²) in [6, 6.07) is 0. The van der Waals surface area contributed by atoms with Crippen molar-refractivity contribution >= 4 is 17.9 Å². The highest BCUT2D eigenvalue weighted by Crippen LogP contribution is 2.17. The molecule has 9 nitrogen and oxygen atoms in total. The number of carbonyl (C=O) groups excluding carboxylic acids is 2. The average Bonchev–Trinajstić information content (AvgIpc) is 3.64. The molecule has 1 N–H and O–H groups in total. The molecule has 0 aliphatic rings. The predicted molar refractivity (Wildman–Crippen MR) is 382 cm³/mol. The highest BCUT2D eigenvalue weighted by atomic mass is 16.7. The lowest BCUT2D eigenvalue weighted by Crippen LogP contribution is -2.40. The minimum atomic E-state index is -1.53. The molecule has 506 valence electrons. The summed E-state index contributed by atoms with van der Waals surface area (Å²) in [5.41, 5.74) is 0. The number of hydrogen-bond donors (Lipinski definition) is 1. The number of ether oxygens (including phenoxy) is 4. The van der Waals surface area contributed by atoms with Gasteiger partial charge < -0.3 is 28.5 Å². The van der Waals surface area contributed by atoms with E-state index >= 15 is 0 Å². The van der Waals surface area contributed by atoms with E-state index in [1.807, 2.05) is 21.1 Å². The van der Waals surface area contributed by atoms with Crippen LogP contribution in [-0.4, -0.2) is 87.4 Å². The van der Waals surface area contributed by atoms with Crippen molar-refractivity contribution < 1.29 is 42.9 Å². The van der Waals surface area contributed by atoms with E-state index in [4.69, 9.17) is 18.9 Å². The second-order valence-corrected chi connectivity index (χ2v) is 24.8. The van der Waals surface area contributed by atoms with Gasteiger partial charge in [0.1, 0.15) is 13.2 Å². The molecule has 0 aromatic rings. The monoisotopic (exact) mass is 1240 g/mol. The van der Waals surface area contributed by atoms with Crippen molar-refractivity contribution in [1.29, 1.82) is 0 Å². The molecule has 0 aromatic heterocycles. The first-order valence-corrected chi connectivity index (χ1v) is 36.0. The molecule has 0 amide bonds. The first-order chi connectivity index (χ1) is 43.6. The van der Waals surface area contributed by atoms with Gasteiger partial charge in [-0.1, -0.05) is 307 Å².